The first kappa shape index (κ1) is 17.6. The summed E-state index contributed by atoms with van der Waals surface area (Å²) in [6.45, 7) is 3.31. The minimum absolute atomic E-state index is 0.0449. The smallest absolute Gasteiger partial charge is 0.339 e. The van der Waals surface area contributed by atoms with Crippen LogP contribution in [0.3, 0.4) is 0 Å². The highest BCUT2D eigenvalue weighted by Gasteiger charge is 2.49. The summed E-state index contributed by atoms with van der Waals surface area (Å²) < 4.78 is 30.6. The molecular formula is C19H20O5S. The van der Waals surface area contributed by atoms with Gasteiger partial charge in [0.1, 0.15) is 16.4 Å². The Bertz CT molecular complexity index is 911. The normalized spacial score (nSPS) is 20.2. The maximum Gasteiger partial charge on any atom is 0.339 e. The Morgan fingerprint density at radius 1 is 1.08 bits per heavy atom. The highest BCUT2D eigenvalue weighted by molar-refractivity contribution is 7.87. The lowest BCUT2D eigenvalue weighted by Gasteiger charge is -2.39. The fourth-order valence-electron chi connectivity index (χ4n) is 3.03. The lowest BCUT2D eigenvalue weighted by Crippen LogP contribution is -2.48. The van der Waals surface area contributed by atoms with Crippen molar-refractivity contribution in [1.82, 2.24) is 0 Å². The summed E-state index contributed by atoms with van der Waals surface area (Å²) in [7, 11) is -4.03. The van der Waals surface area contributed by atoms with E-state index >= 15 is 0 Å². The average molecular weight is 360 g/mol. The third-order valence-electron chi connectivity index (χ3n) is 4.74. The van der Waals surface area contributed by atoms with E-state index in [0.717, 1.165) is 11.1 Å². The number of rotatable bonds is 5. The van der Waals surface area contributed by atoms with Gasteiger partial charge in [0, 0.05) is 12.0 Å². The Hall–Kier alpha value is -2.18. The Kier molecular flexibility index (Phi) is 4.43. The van der Waals surface area contributed by atoms with E-state index in [-0.39, 0.29) is 23.0 Å². The Morgan fingerprint density at radius 3 is 2.24 bits per heavy atom. The molecule has 0 bridgehead atoms. The summed E-state index contributed by atoms with van der Waals surface area (Å²) in [5, 5.41) is 9.77. The summed E-state index contributed by atoms with van der Waals surface area (Å²) in [6.07, 6.45) is 0.852. The number of carbonyl (C=O) groups is 1. The molecule has 6 heteroatoms. The molecule has 1 N–H and O–H groups in total. The van der Waals surface area contributed by atoms with Crippen LogP contribution in [-0.4, -0.2) is 25.9 Å². The highest BCUT2D eigenvalue weighted by atomic mass is 32.2. The van der Waals surface area contributed by atoms with Gasteiger partial charge in [0.2, 0.25) is 0 Å². The van der Waals surface area contributed by atoms with Crippen LogP contribution in [-0.2, 0) is 20.3 Å². The maximum atomic E-state index is 12.6. The molecule has 1 aliphatic rings. The number of aliphatic hydroxyl groups is 1. The number of aryl methyl sites for hydroxylation is 2. The van der Waals surface area contributed by atoms with E-state index in [1.54, 1.807) is 30.3 Å². The van der Waals surface area contributed by atoms with Crippen molar-refractivity contribution in [2.24, 2.45) is 0 Å². The van der Waals surface area contributed by atoms with Gasteiger partial charge < -0.3 is 9.29 Å². The number of benzene rings is 2. The number of ketones is 1. The zero-order chi connectivity index (χ0) is 18.2. The summed E-state index contributed by atoms with van der Waals surface area (Å²) in [5.74, 6) is -0.000822. The van der Waals surface area contributed by atoms with Crippen molar-refractivity contribution in [3.8, 4) is 5.75 Å². The summed E-state index contributed by atoms with van der Waals surface area (Å²) in [6, 6.07) is 11.4. The van der Waals surface area contributed by atoms with Gasteiger partial charge in [0.15, 0.2) is 0 Å². The Balaban J connectivity index is 2.04. The van der Waals surface area contributed by atoms with Gasteiger partial charge in [-0.15, -0.1) is 0 Å². The van der Waals surface area contributed by atoms with Gasteiger partial charge >= 0.3 is 10.1 Å². The molecule has 5 nitrogen and oxygen atoms in total. The monoisotopic (exact) mass is 360 g/mol. The molecule has 2 aromatic carbocycles. The number of aliphatic hydroxyl groups excluding tert-OH is 1. The highest BCUT2D eigenvalue weighted by Crippen LogP contribution is 2.44. The summed E-state index contributed by atoms with van der Waals surface area (Å²) in [5.41, 5.74) is 1.10. The van der Waals surface area contributed by atoms with Crippen LogP contribution in [0.2, 0.25) is 0 Å². The van der Waals surface area contributed by atoms with Crippen molar-refractivity contribution in [1.29, 1.82) is 0 Å². The van der Waals surface area contributed by atoms with Crippen molar-refractivity contribution >= 4 is 15.9 Å². The van der Waals surface area contributed by atoms with Crippen molar-refractivity contribution in [3.05, 3.63) is 59.2 Å². The number of hydrogen-bond donors (Lipinski definition) is 1. The van der Waals surface area contributed by atoms with Gasteiger partial charge in [0.25, 0.3) is 0 Å². The quantitative estimate of drug-likeness (QED) is 0.829. The van der Waals surface area contributed by atoms with Gasteiger partial charge in [-0.25, -0.2) is 0 Å². The molecule has 25 heavy (non-hydrogen) atoms. The molecule has 1 fully saturated rings. The predicted octanol–water partition coefficient (Wildman–Crippen LogP) is 2.66. The summed E-state index contributed by atoms with van der Waals surface area (Å²) in [4.78, 5) is 12.2. The molecular weight excluding hydrogens is 340 g/mol. The van der Waals surface area contributed by atoms with E-state index in [4.69, 9.17) is 4.18 Å². The first-order chi connectivity index (χ1) is 11.8. The van der Waals surface area contributed by atoms with Crippen molar-refractivity contribution in [3.63, 3.8) is 0 Å². The molecule has 0 heterocycles. The molecule has 0 aliphatic heterocycles. The predicted molar refractivity (Wildman–Crippen MR) is 93.2 cm³/mol. The number of Topliss-reactive ketones (excluding diaryl/α,β-unsaturated/α-hetero) is 1. The molecule has 0 spiro atoms. The average Bonchev–Trinajstić information content (AvgIpc) is 2.56. The van der Waals surface area contributed by atoms with Crippen molar-refractivity contribution < 1.29 is 22.5 Å². The van der Waals surface area contributed by atoms with Crippen LogP contribution in [0.15, 0.2) is 47.4 Å². The second-order valence-corrected chi connectivity index (χ2v) is 8.06. The number of carbonyl (C=O) groups excluding carboxylic acids is 1. The van der Waals surface area contributed by atoms with Crippen LogP contribution in [0.5, 0.6) is 5.75 Å². The molecule has 0 unspecified atom stereocenters. The zero-order valence-corrected chi connectivity index (χ0v) is 15.0. The molecule has 0 saturated heterocycles. The van der Waals surface area contributed by atoms with Gasteiger partial charge in [0.05, 0.1) is 12.0 Å². The van der Waals surface area contributed by atoms with Crippen molar-refractivity contribution in [2.45, 2.75) is 37.0 Å². The van der Waals surface area contributed by atoms with E-state index in [9.17, 15) is 18.3 Å². The van der Waals surface area contributed by atoms with E-state index < -0.39 is 15.5 Å². The van der Waals surface area contributed by atoms with Gasteiger partial charge in [-0.05, 0) is 44.0 Å². The van der Waals surface area contributed by atoms with Gasteiger partial charge in [-0.3, -0.25) is 4.79 Å². The SMILES string of the molecule is Cc1ccc(S(=O)(=O)Oc2cc(C)ccc2[C@]2(CO)CCC2=O)cc1. The summed E-state index contributed by atoms with van der Waals surface area (Å²) >= 11 is 0. The largest absolute Gasteiger partial charge is 0.395 e. The molecule has 0 radical (unpaired) electrons. The molecule has 0 aromatic heterocycles. The van der Waals surface area contributed by atoms with Crippen LogP contribution in [0.1, 0.15) is 29.5 Å². The third kappa shape index (κ3) is 3.07. The van der Waals surface area contributed by atoms with Gasteiger partial charge in [-0.1, -0.05) is 29.8 Å². The first-order valence-electron chi connectivity index (χ1n) is 8.05. The second kappa shape index (κ2) is 6.28. The topological polar surface area (TPSA) is 80.7 Å². The van der Waals surface area contributed by atoms with E-state index in [1.807, 2.05) is 13.8 Å². The van der Waals surface area contributed by atoms with Crippen LogP contribution in [0.25, 0.3) is 0 Å². The molecule has 132 valence electrons. The van der Waals surface area contributed by atoms with Crippen LogP contribution >= 0.6 is 0 Å². The van der Waals surface area contributed by atoms with Crippen molar-refractivity contribution in [2.75, 3.05) is 6.61 Å². The Morgan fingerprint density at radius 2 is 1.72 bits per heavy atom. The fourth-order valence-corrected chi connectivity index (χ4v) is 3.97. The molecule has 1 saturated carbocycles. The van der Waals surface area contributed by atoms with Gasteiger partial charge in [-0.2, -0.15) is 8.42 Å². The molecule has 1 aliphatic carbocycles. The minimum atomic E-state index is -4.03. The van der Waals surface area contributed by atoms with E-state index in [2.05, 4.69) is 0 Å². The third-order valence-corrected chi connectivity index (χ3v) is 5.99. The van der Waals surface area contributed by atoms with Crippen LogP contribution in [0.4, 0.5) is 0 Å². The lowest BCUT2D eigenvalue weighted by atomic mass is 9.63. The first-order valence-corrected chi connectivity index (χ1v) is 9.46. The molecule has 3 rings (SSSR count). The molecule has 1 atom stereocenters. The van der Waals surface area contributed by atoms with Crippen LogP contribution in [0, 0.1) is 13.8 Å². The molecule has 0 amide bonds. The Labute approximate surface area is 147 Å². The lowest BCUT2D eigenvalue weighted by molar-refractivity contribution is -0.134. The second-order valence-electron chi connectivity index (χ2n) is 6.51. The van der Waals surface area contributed by atoms with E-state index in [0.29, 0.717) is 18.4 Å². The zero-order valence-electron chi connectivity index (χ0n) is 14.2. The van der Waals surface area contributed by atoms with E-state index in [1.165, 1.54) is 12.1 Å². The standard InChI is InChI=1S/C19H20O5S/c1-13-3-6-15(7-4-13)25(22,23)24-17-11-14(2)5-8-16(17)19(12-20)10-9-18(19)21/h3-8,11,20H,9-10,12H2,1-2H3/t19-/m1/s1. The maximum absolute atomic E-state index is 12.6. The molecule has 2 aromatic rings. The van der Waals surface area contributed by atoms with Crippen LogP contribution < -0.4 is 4.18 Å². The number of hydrogen-bond acceptors (Lipinski definition) is 5. The fraction of sp³-hybridized carbons (Fsp3) is 0.316. The minimum Gasteiger partial charge on any atom is -0.395 e.